The molecule has 0 aliphatic carbocycles. The first-order valence-electron chi connectivity index (χ1n) is 6.00. The lowest BCUT2D eigenvalue weighted by Crippen LogP contribution is -2.02. The number of ether oxygens (including phenoxy) is 1. The number of halogens is 2. The van der Waals surface area contributed by atoms with Crippen molar-refractivity contribution in [3.05, 3.63) is 57.3 Å². The lowest BCUT2D eigenvalue weighted by atomic mass is 10.1. The van der Waals surface area contributed by atoms with Gasteiger partial charge in [-0.3, -0.25) is 4.98 Å². The van der Waals surface area contributed by atoms with Gasteiger partial charge in [-0.25, -0.2) is 0 Å². The molecule has 2 rings (SSSR count). The van der Waals surface area contributed by atoms with Crippen LogP contribution in [-0.2, 0) is 12.5 Å². The van der Waals surface area contributed by atoms with Crippen LogP contribution in [0, 0.1) is 13.8 Å². The fourth-order valence-electron chi connectivity index (χ4n) is 1.93. The molecule has 4 heteroatoms. The summed E-state index contributed by atoms with van der Waals surface area (Å²) < 4.78 is 6.90. The molecule has 1 aromatic carbocycles. The lowest BCUT2D eigenvalue weighted by Gasteiger charge is -2.13. The second-order valence-corrected chi connectivity index (χ2v) is 5.59. The Morgan fingerprint density at radius 2 is 2.05 bits per heavy atom. The summed E-state index contributed by atoms with van der Waals surface area (Å²) in [5, 5.41) is 0. The molecule has 1 heterocycles. The molecule has 0 N–H and O–H groups in total. The van der Waals surface area contributed by atoms with Gasteiger partial charge >= 0.3 is 0 Å². The minimum Gasteiger partial charge on any atom is -0.487 e. The third-order valence-electron chi connectivity index (χ3n) is 2.77. The number of hydrogen-bond donors (Lipinski definition) is 0. The lowest BCUT2D eigenvalue weighted by molar-refractivity contribution is 0.296. The van der Waals surface area contributed by atoms with Gasteiger partial charge in [0.2, 0.25) is 0 Å². The molecule has 1 aromatic heterocycles. The molecule has 19 heavy (non-hydrogen) atoms. The van der Waals surface area contributed by atoms with Crippen LogP contribution in [0.2, 0.25) is 0 Å². The van der Waals surface area contributed by atoms with Crippen molar-refractivity contribution in [2.24, 2.45) is 0 Å². The number of pyridine rings is 1. The molecule has 0 saturated carbocycles. The second-order valence-electron chi connectivity index (χ2n) is 4.40. The van der Waals surface area contributed by atoms with Crippen LogP contribution < -0.4 is 4.74 Å². The zero-order chi connectivity index (χ0) is 13.8. The molecule has 0 unspecified atom stereocenters. The highest BCUT2D eigenvalue weighted by molar-refractivity contribution is 9.10. The van der Waals surface area contributed by atoms with E-state index in [1.165, 1.54) is 0 Å². The standard InChI is InChI=1S/C15H15BrClNO/c1-10-6-13(16)7-12(8-17)15(10)19-9-14-5-3-4-11(2)18-14/h3-7H,8-9H2,1-2H3. The summed E-state index contributed by atoms with van der Waals surface area (Å²) in [6.45, 7) is 4.44. The van der Waals surface area contributed by atoms with Gasteiger partial charge in [-0.05, 0) is 43.7 Å². The first kappa shape index (κ1) is 14.4. The normalized spacial score (nSPS) is 10.5. The maximum atomic E-state index is 5.97. The van der Waals surface area contributed by atoms with Crippen LogP contribution in [0.1, 0.15) is 22.5 Å². The Hall–Kier alpha value is -1.06. The molecule has 0 aliphatic heterocycles. The summed E-state index contributed by atoms with van der Waals surface area (Å²) in [5.74, 6) is 1.28. The van der Waals surface area contributed by atoms with Crippen molar-refractivity contribution in [1.82, 2.24) is 4.98 Å². The largest absolute Gasteiger partial charge is 0.487 e. The van der Waals surface area contributed by atoms with Crippen molar-refractivity contribution in [1.29, 1.82) is 0 Å². The summed E-state index contributed by atoms with van der Waals surface area (Å²) in [7, 11) is 0. The molecule has 0 aliphatic rings. The summed E-state index contributed by atoms with van der Waals surface area (Å²) in [5.41, 5.74) is 3.97. The number of hydrogen-bond acceptors (Lipinski definition) is 2. The number of aromatic nitrogens is 1. The topological polar surface area (TPSA) is 22.1 Å². The van der Waals surface area contributed by atoms with E-state index in [1.807, 2.05) is 44.2 Å². The van der Waals surface area contributed by atoms with Crippen LogP contribution in [0.3, 0.4) is 0 Å². The average Bonchev–Trinajstić information content (AvgIpc) is 2.37. The quantitative estimate of drug-likeness (QED) is 0.747. The Kier molecular flexibility index (Phi) is 4.83. The van der Waals surface area contributed by atoms with E-state index in [1.54, 1.807) is 0 Å². The molecule has 100 valence electrons. The van der Waals surface area contributed by atoms with Crippen molar-refractivity contribution in [3.63, 3.8) is 0 Å². The smallest absolute Gasteiger partial charge is 0.130 e. The fraction of sp³-hybridized carbons (Fsp3) is 0.267. The summed E-state index contributed by atoms with van der Waals surface area (Å²) in [6, 6.07) is 9.92. The Morgan fingerprint density at radius 1 is 1.26 bits per heavy atom. The molecule has 0 atom stereocenters. The maximum Gasteiger partial charge on any atom is 0.130 e. The van der Waals surface area contributed by atoms with Crippen molar-refractivity contribution >= 4 is 27.5 Å². The van der Waals surface area contributed by atoms with Gasteiger partial charge in [0.25, 0.3) is 0 Å². The molecule has 2 aromatic rings. The highest BCUT2D eigenvalue weighted by Crippen LogP contribution is 2.29. The number of benzene rings is 1. The summed E-state index contributed by atoms with van der Waals surface area (Å²) in [4.78, 5) is 4.42. The van der Waals surface area contributed by atoms with Gasteiger partial charge in [-0.2, -0.15) is 0 Å². The van der Waals surface area contributed by atoms with E-state index >= 15 is 0 Å². The van der Waals surface area contributed by atoms with E-state index in [2.05, 4.69) is 20.9 Å². The van der Waals surface area contributed by atoms with E-state index in [9.17, 15) is 0 Å². The van der Waals surface area contributed by atoms with Crippen LogP contribution in [0.15, 0.2) is 34.8 Å². The molecule has 2 nitrogen and oxygen atoms in total. The van der Waals surface area contributed by atoms with Crippen molar-refractivity contribution in [2.45, 2.75) is 26.3 Å². The van der Waals surface area contributed by atoms with Crippen LogP contribution in [0.5, 0.6) is 5.75 Å². The first-order chi connectivity index (χ1) is 9.10. The minimum absolute atomic E-state index is 0.427. The summed E-state index contributed by atoms with van der Waals surface area (Å²) in [6.07, 6.45) is 0. The number of alkyl halides is 1. The van der Waals surface area contributed by atoms with Gasteiger partial charge in [0, 0.05) is 15.7 Å². The molecule has 0 saturated heterocycles. The van der Waals surface area contributed by atoms with Gasteiger partial charge in [-0.1, -0.05) is 22.0 Å². The molecule has 0 fully saturated rings. The van der Waals surface area contributed by atoms with E-state index in [4.69, 9.17) is 16.3 Å². The van der Waals surface area contributed by atoms with Crippen molar-refractivity contribution in [3.8, 4) is 5.75 Å². The SMILES string of the molecule is Cc1cccc(COc2c(C)cc(Br)cc2CCl)n1. The number of nitrogens with zero attached hydrogens (tertiary/aromatic N) is 1. The van der Waals surface area contributed by atoms with Crippen LogP contribution in [0.4, 0.5) is 0 Å². The zero-order valence-electron chi connectivity index (χ0n) is 10.9. The maximum absolute atomic E-state index is 5.97. The Balaban J connectivity index is 2.19. The van der Waals surface area contributed by atoms with Crippen molar-refractivity contribution in [2.75, 3.05) is 0 Å². The van der Waals surface area contributed by atoms with Crippen LogP contribution >= 0.6 is 27.5 Å². The molecular formula is C15H15BrClNO. The second kappa shape index (κ2) is 6.40. The highest BCUT2D eigenvalue weighted by atomic mass is 79.9. The van der Waals surface area contributed by atoms with Gasteiger partial charge in [0.1, 0.15) is 12.4 Å². The third-order valence-corrected chi connectivity index (χ3v) is 3.52. The van der Waals surface area contributed by atoms with Gasteiger partial charge < -0.3 is 4.74 Å². The number of aryl methyl sites for hydroxylation is 2. The van der Waals surface area contributed by atoms with Crippen LogP contribution in [0.25, 0.3) is 0 Å². The van der Waals surface area contributed by atoms with Crippen LogP contribution in [-0.4, -0.2) is 4.98 Å². The fourth-order valence-corrected chi connectivity index (χ4v) is 2.75. The molecule has 0 amide bonds. The molecule has 0 bridgehead atoms. The minimum atomic E-state index is 0.427. The molecule has 0 radical (unpaired) electrons. The van der Waals surface area contributed by atoms with Gasteiger partial charge in [0.05, 0.1) is 11.6 Å². The van der Waals surface area contributed by atoms with E-state index in [-0.39, 0.29) is 0 Å². The first-order valence-corrected chi connectivity index (χ1v) is 7.33. The molecule has 0 spiro atoms. The van der Waals surface area contributed by atoms with E-state index in [0.29, 0.717) is 12.5 Å². The van der Waals surface area contributed by atoms with Gasteiger partial charge in [-0.15, -0.1) is 11.6 Å². The number of rotatable bonds is 4. The predicted octanol–water partition coefficient (Wildman–Crippen LogP) is 4.78. The van der Waals surface area contributed by atoms with E-state index < -0.39 is 0 Å². The summed E-state index contributed by atoms with van der Waals surface area (Å²) >= 11 is 9.43. The Morgan fingerprint density at radius 3 is 2.74 bits per heavy atom. The van der Waals surface area contributed by atoms with Gasteiger partial charge in [0.15, 0.2) is 0 Å². The Labute approximate surface area is 126 Å². The van der Waals surface area contributed by atoms with Crippen molar-refractivity contribution < 1.29 is 4.74 Å². The monoisotopic (exact) mass is 339 g/mol. The van der Waals surface area contributed by atoms with E-state index in [0.717, 1.165) is 32.7 Å². The third kappa shape index (κ3) is 3.71. The average molecular weight is 341 g/mol. The Bertz CT molecular complexity index is 586. The predicted molar refractivity (Wildman–Crippen MR) is 81.7 cm³/mol. The highest BCUT2D eigenvalue weighted by Gasteiger charge is 2.09. The zero-order valence-corrected chi connectivity index (χ0v) is 13.3. The molecular weight excluding hydrogens is 326 g/mol.